The second kappa shape index (κ2) is 7.12. The van der Waals surface area contributed by atoms with Gasteiger partial charge in [-0.1, -0.05) is 6.42 Å². The molecule has 2 saturated heterocycles. The molecule has 0 aromatic heterocycles. The number of rotatable bonds is 5. The van der Waals surface area contributed by atoms with E-state index < -0.39 is 10.0 Å². The second-order valence-corrected chi connectivity index (χ2v) is 8.59. The molecule has 2 rings (SSSR count). The number of thioether (sulfide) groups is 1. The highest BCUT2D eigenvalue weighted by Crippen LogP contribution is 2.24. The number of hydrogen-bond donors (Lipinski definition) is 2. The van der Waals surface area contributed by atoms with Crippen molar-refractivity contribution in [2.75, 3.05) is 31.1 Å². The maximum absolute atomic E-state index is 12.0. The van der Waals surface area contributed by atoms with Crippen molar-refractivity contribution in [1.82, 2.24) is 10.0 Å². The lowest BCUT2D eigenvalue weighted by Crippen LogP contribution is -2.39. The van der Waals surface area contributed by atoms with Gasteiger partial charge in [-0.15, -0.1) is 0 Å². The molecule has 0 amide bonds. The molecule has 0 radical (unpaired) electrons. The van der Waals surface area contributed by atoms with E-state index in [-0.39, 0.29) is 11.7 Å². The van der Waals surface area contributed by atoms with Crippen molar-refractivity contribution in [3.8, 4) is 0 Å². The topological polar surface area (TPSA) is 58.2 Å². The molecule has 2 atom stereocenters. The summed E-state index contributed by atoms with van der Waals surface area (Å²) in [5.74, 6) is 1.76. The van der Waals surface area contributed by atoms with Crippen molar-refractivity contribution in [2.45, 2.75) is 37.4 Å². The van der Waals surface area contributed by atoms with Gasteiger partial charge in [0.15, 0.2) is 0 Å². The molecular weight excluding hydrogens is 268 g/mol. The number of piperidine rings is 1. The molecule has 0 saturated carbocycles. The van der Waals surface area contributed by atoms with E-state index in [2.05, 4.69) is 10.0 Å². The Morgan fingerprint density at radius 3 is 2.78 bits per heavy atom. The summed E-state index contributed by atoms with van der Waals surface area (Å²) in [4.78, 5) is 0. The summed E-state index contributed by atoms with van der Waals surface area (Å²) in [6.07, 6.45) is 5.80. The van der Waals surface area contributed by atoms with Crippen molar-refractivity contribution in [2.24, 2.45) is 5.92 Å². The molecule has 2 unspecified atom stereocenters. The van der Waals surface area contributed by atoms with Gasteiger partial charge in [-0.05, 0) is 50.4 Å². The first-order valence-corrected chi connectivity index (χ1v) is 9.65. The molecular formula is C12H24N2O2S2. The van der Waals surface area contributed by atoms with Gasteiger partial charge in [0.1, 0.15) is 0 Å². The predicted octanol–water partition coefficient (Wildman–Crippen LogP) is 1.19. The molecule has 0 aromatic rings. The zero-order valence-electron chi connectivity index (χ0n) is 10.9. The van der Waals surface area contributed by atoms with Crippen LogP contribution in [0.5, 0.6) is 0 Å². The molecule has 0 spiro atoms. The van der Waals surface area contributed by atoms with Crippen LogP contribution >= 0.6 is 11.8 Å². The minimum absolute atomic E-state index is 0.287. The lowest BCUT2D eigenvalue weighted by atomic mass is 10.0. The molecule has 2 N–H and O–H groups in total. The maximum atomic E-state index is 12.0. The van der Waals surface area contributed by atoms with E-state index in [0.717, 1.165) is 32.4 Å². The van der Waals surface area contributed by atoms with E-state index in [4.69, 9.17) is 0 Å². The highest BCUT2D eigenvalue weighted by molar-refractivity contribution is 8.00. The van der Waals surface area contributed by atoms with E-state index in [1.54, 1.807) is 0 Å². The fourth-order valence-electron chi connectivity index (χ4n) is 2.62. The number of nitrogens with one attached hydrogen (secondary N) is 2. The van der Waals surface area contributed by atoms with Crippen LogP contribution in [0.4, 0.5) is 0 Å². The quantitative estimate of drug-likeness (QED) is 0.799. The lowest BCUT2D eigenvalue weighted by Gasteiger charge is -2.24. The van der Waals surface area contributed by atoms with Gasteiger partial charge in [0.2, 0.25) is 10.0 Å². The number of hydrogen-bond acceptors (Lipinski definition) is 4. The van der Waals surface area contributed by atoms with Crippen LogP contribution in [0, 0.1) is 5.92 Å². The number of sulfonamides is 1. The molecule has 4 nitrogen and oxygen atoms in total. The SMILES string of the molecule is O=S(=O)(CC1CCCNC1)NCC1CCCCS1. The summed E-state index contributed by atoms with van der Waals surface area (Å²) in [6, 6.07) is 0. The molecule has 2 aliphatic heterocycles. The van der Waals surface area contributed by atoms with Crippen LogP contribution in [-0.2, 0) is 10.0 Å². The molecule has 0 aliphatic carbocycles. The first kappa shape index (κ1) is 14.6. The predicted molar refractivity (Wildman–Crippen MR) is 77.5 cm³/mol. The largest absolute Gasteiger partial charge is 0.316 e. The maximum Gasteiger partial charge on any atom is 0.211 e. The second-order valence-electron chi connectivity index (χ2n) is 5.33. The van der Waals surface area contributed by atoms with E-state index in [9.17, 15) is 8.42 Å². The molecule has 6 heteroatoms. The van der Waals surface area contributed by atoms with Crippen molar-refractivity contribution >= 4 is 21.8 Å². The van der Waals surface area contributed by atoms with Gasteiger partial charge in [-0.2, -0.15) is 11.8 Å². The molecule has 106 valence electrons. The molecule has 0 bridgehead atoms. The smallest absolute Gasteiger partial charge is 0.211 e. The van der Waals surface area contributed by atoms with E-state index in [1.807, 2.05) is 11.8 Å². The van der Waals surface area contributed by atoms with Crippen LogP contribution in [0.25, 0.3) is 0 Å². The monoisotopic (exact) mass is 292 g/mol. The normalized spacial score (nSPS) is 30.2. The average molecular weight is 292 g/mol. The lowest BCUT2D eigenvalue weighted by molar-refractivity contribution is 0.402. The Morgan fingerprint density at radius 2 is 2.11 bits per heavy atom. The molecule has 18 heavy (non-hydrogen) atoms. The molecule has 0 aromatic carbocycles. The summed E-state index contributed by atoms with van der Waals surface area (Å²) >= 11 is 1.91. The van der Waals surface area contributed by atoms with Gasteiger partial charge in [0, 0.05) is 11.8 Å². The summed E-state index contributed by atoms with van der Waals surface area (Å²) in [5.41, 5.74) is 0. The van der Waals surface area contributed by atoms with Gasteiger partial charge in [-0.25, -0.2) is 13.1 Å². The summed E-state index contributed by atoms with van der Waals surface area (Å²) in [7, 11) is -3.08. The van der Waals surface area contributed by atoms with E-state index in [0.29, 0.717) is 11.8 Å². The third-order valence-electron chi connectivity index (χ3n) is 3.66. The first-order valence-electron chi connectivity index (χ1n) is 6.95. The van der Waals surface area contributed by atoms with Crippen LogP contribution in [-0.4, -0.2) is 44.8 Å². The van der Waals surface area contributed by atoms with Crippen LogP contribution in [0.15, 0.2) is 0 Å². The van der Waals surface area contributed by atoms with Crippen LogP contribution in [0.2, 0.25) is 0 Å². The molecule has 2 heterocycles. The fraction of sp³-hybridized carbons (Fsp3) is 1.00. The Hall–Kier alpha value is 0.220. The van der Waals surface area contributed by atoms with Crippen molar-refractivity contribution < 1.29 is 8.42 Å². The Kier molecular flexibility index (Phi) is 5.79. The average Bonchev–Trinajstić information content (AvgIpc) is 2.38. The zero-order valence-corrected chi connectivity index (χ0v) is 12.5. The molecule has 2 aliphatic rings. The zero-order chi connectivity index (χ0) is 12.8. The van der Waals surface area contributed by atoms with E-state index in [1.165, 1.54) is 18.6 Å². The minimum Gasteiger partial charge on any atom is -0.316 e. The Bertz CT molecular complexity index is 334. The highest BCUT2D eigenvalue weighted by Gasteiger charge is 2.22. The van der Waals surface area contributed by atoms with E-state index >= 15 is 0 Å². The van der Waals surface area contributed by atoms with Gasteiger partial charge >= 0.3 is 0 Å². The first-order chi connectivity index (χ1) is 8.66. The van der Waals surface area contributed by atoms with Crippen LogP contribution in [0.1, 0.15) is 32.1 Å². The van der Waals surface area contributed by atoms with Gasteiger partial charge in [0.25, 0.3) is 0 Å². The van der Waals surface area contributed by atoms with Crippen molar-refractivity contribution in [3.05, 3.63) is 0 Å². The Balaban J connectivity index is 1.72. The fourth-order valence-corrected chi connectivity index (χ4v) is 5.45. The summed E-state index contributed by atoms with van der Waals surface area (Å²) in [6.45, 7) is 2.49. The van der Waals surface area contributed by atoms with Gasteiger partial charge in [-0.3, -0.25) is 0 Å². The van der Waals surface area contributed by atoms with Gasteiger partial charge < -0.3 is 5.32 Å². The van der Waals surface area contributed by atoms with Gasteiger partial charge in [0.05, 0.1) is 5.75 Å². The standard InChI is InChI=1S/C12H24N2O2S2/c15-18(16,10-11-4-3-6-13-8-11)14-9-12-5-1-2-7-17-12/h11-14H,1-10H2. The Morgan fingerprint density at radius 1 is 1.22 bits per heavy atom. The highest BCUT2D eigenvalue weighted by atomic mass is 32.2. The minimum atomic E-state index is -3.08. The Labute approximate surface area is 115 Å². The third-order valence-corrected chi connectivity index (χ3v) is 6.57. The van der Waals surface area contributed by atoms with Crippen LogP contribution in [0.3, 0.4) is 0 Å². The summed E-state index contributed by atoms with van der Waals surface area (Å²) in [5, 5.41) is 3.75. The third kappa shape index (κ3) is 5.07. The molecule has 2 fully saturated rings. The van der Waals surface area contributed by atoms with Crippen molar-refractivity contribution in [3.63, 3.8) is 0 Å². The van der Waals surface area contributed by atoms with Crippen molar-refractivity contribution in [1.29, 1.82) is 0 Å². The summed E-state index contributed by atoms with van der Waals surface area (Å²) < 4.78 is 26.8. The van der Waals surface area contributed by atoms with Crippen LogP contribution < -0.4 is 10.0 Å².